The van der Waals surface area contributed by atoms with E-state index in [1.54, 1.807) is 0 Å². The third-order valence-corrected chi connectivity index (χ3v) is 2.36. The van der Waals surface area contributed by atoms with Gasteiger partial charge in [0.25, 0.3) is 0 Å². The van der Waals surface area contributed by atoms with E-state index in [2.05, 4.69) is 35.9 Å². The van der Waals surface area contributed by atoms with Crippen molar-refractivity contribution in [3.05, 3.63) is 41.2 Å². The van der Waals surface area contributed by atoms with Crippen LogP contribution in [0.1, 0.15) is 6.42 Å². The maximum absolute atomic E-state index is 3.15. The third kappa shape index (κ3) is 1.42. The molecule has 0 unspecified atom stereocenters. The number of likely N-dealkylation sites (N-methyl/N-ethyl adjacent to an activating group) is 1. The van der Waals surface area contributed by atoms with Gasteiger partial charge in [0.1, 0.15) is 0 Å². The van der Waals surface area contributed by atoms with Crippen LogP contribution in [0.5, 0.6) is 0 Å². The molecule has 1 nitrogen and oxygen atoms in total. The van der Waals surface area contributed by atoms with Crippen molar-refractivity contribution in [2.45, 2.75) is 6.42 Å². The highest BCUT2D eigenvalue weighted by Crippen LogP contribution is 2.19. The Morgan fingerprint density at radius 2 is 2.33 bits per heavy atom. The van der Waals surface area contributed by atoms with Gasteiger partial charge in [0.15, 0.2) is 0 Å². The third-order valence-electron chi connectivity index (χ3n) is 2.36. The summed E-state index contributed by atoms with van der Waals surface area (Å²) in [5.41, 5.74) is 6.05. The van der Waals surface area contributed by atoms with Gasteiger partial charge in [0.2, 0.25) is 0 Å². The molecular weight excluding hydrogens is 146 g/mol. The summed E-state index contributed by atoms with van der Waals surface area (Å²) in [6.45, 7) is 2.25. The van der Waals surface area contributed by atoms with Gasteiger partial charge in [-0.15, -0.1) is 5.73 Å². The van der Waals surface area contributed by atoms with Crippen LogP contribution in [0.25, 0.3) is 0 Å². The second-order valence-electron chi connectivity index (χ2n) is 3.38. The predicted octanol–water partition coefficient (Wildman–Crippen LogP) is 1.90. The fourth-order valence-corrected chi connectivity index (χ4v) is 1.64. The first kappa shape index (κ1) is 7.60. The summed E-state index contributed by atoms with van der Waals surface area (Å²) in [6.07, 6.45) is 9.53. The Kier molecular flexibility index (Phi) is 1.99. The molecule has 0 bridgehead atoms. The highest BCUT2D eigenvalue weighted by atomic mass is 15.1. The van der Waals surface area contributed by atoms with Crippen molar-refractivity contribution in [3.8, 4) is 0 Å². The lowest BCUT2D eigenvalue weighted by Crippen LogP contribution is -2.26. The lowest BCUT2D eigenvalue weighted by molar-refractivity contribution is 0.354. The Bertz CT molecular complexity index is 301. The van der Waals surface area contributed by atoms with Gasteiger partial charge in [-0.3, -0.25) is 0 Å². The number of allylic oxidation sites excluding steroid dienone is 2. The largest absolute Gasteiger partial charge is 0.302 e. The Balaban J connectivity index is 2.33. The lowest BCUT2D eigenvalue weighted by Gasteiger charge is -2.24. The smallest absolute Gasteiger partial charge is 0.0239 e. The summed E-state index contributed by atoms with van der Waals surface area (Å²) < 4.78 is 0. The van der Waals surface area contributed by atoms with Crippen molar-refractivity contribution in [3.63, 3.8) is 0 Å². The molecule has 0 spiro atoms. The number of hydrogen-bond acceptors (Lipinski definition) is 1. The van der Waals surface area contributed by atoms with E-state index < -0.39 is 0 Å². The molecule has 0 N–H and O–H groups in total. The van der Waals surface area contributed by atoms with Crippen LogP contribution in [0.15, 0.2) is 41.2 Å². The van der Waals surface area contributed by atoms with E-state index in [1.165, 1.54) is 24.1 Å². The quantitative estimate of drug-likeness (QED) is 0.488. The molecule has 1 heteroatoms. The summed E-state index contributed by atoms with van der Waals surface area (Å²) >= 11 is 0. The van der Waals surface area contributed by atoms with Gasteiger partial charge < -0.3 is 4.90 Å². The van der Waals surface area contributed by atoms with Crippen LogP contribution in [0, 0.1) is 0 Å². The SMILES string of the molecule is CN1CCC2=C(C=C=CC=C2)C1. The molecule has 2 rings (SSSR count). The summed E-state index contributed by atoms with van der Waals surface area (Å²) in [4.78, 5) is 2.34. The monoisotopic (exact) mass is 159 g/mol. The van der Waals surface area contributed by atoms with Crippen LogP contribution in [-0.2, 0) is 0 Å². The molecule has 1 aliphatic carbocycles. The first-order valence-corrected chi connectivity index (χ1v) is 4.36. The van der Waals surface area contributed by atoms with Gasteiger partial charge in [-0.2, -0.15) is 0 Å². The molecule has 62 valence electrons. The second kappa shape index (κ2) is 3.14. The molecule has 1 aliphatic heterocycles. The van der Waals surface area contributed by atoms with Gasteiger partial charge in [0.05, 0.1) is 0 Å². The fourth-order valence-electron chi connectivity index (χ4n) is 1.64. The minimum Gasteiger partial charge on any atom is -0.302 e. The van der Waals surface area contributed by atoms with Gasteiger partial charge in [0, 0.05) is 13.1 Å². The van der Waals surface area contributed by atoms with E-state index in [-0.39, 0.29) is 0 Å². The zero-order valence-corrected chi connectivity index (χ0v) is 7.38. The maximum atomic E-state index is 3.15. The zero-order chi connectivity index (χ0) is 8.39. The molecule has 0 fully saturated rings. The molecule has 0 amide bonds. The number of rotatable bonds is 0. The van der Waals surface area contributed by atoms with E-state index in [0.29, 0.717) is 0 Å². The van der Waals surface area contributed by atoms with Crippen LogP contribution >= 0.6 is 0 Å². The standard InChI is InChI=1S/C11H13N/c1-12-8-7-10-5-3-2-4-6-11(10)9-12/h2-3,5-6H,7-9H2,1H3. The van der Waals surface area contributed by atoms with Crippen LogP contribution in [-0.4, -0.2) is 25.0 Å². The van der Waals surface area contributed by atoms with E-state index >= 15 is 0 Å². The molecule has 12 heavy (non-hydrogen) atoms. The summed E-state index contributed by atoms with van der Waals surface area (Å²) in [5, 5.41) is 0. The van der Waals surface area contributed by atoms with Crippen molar-refractivity contribution in [1.29, 1.82) is 0 Å². The predicted molar refractivity (Wildman–Crippen MR) is 50.9 cm³/mol. The summed E-state index contributed by atoms with van der Waals surface area (Å²) in [7, 11) is 2.16. The van der Waals surface area contributed by atoms with Gasteiger partial charge in [-0.05, 0) is 36.8 Å². The van der Waals surface area contributed by atoms with Gasteiger partial charge in [-0.1, -0.05) is 12.2 Å². The first-order chi connectivity index (χ1) is 5.86. The van der Waals surface area contributed by atoms with Crippen LogP contribution < -0.4 is 0 Å². The zero-order valence-electron chi connectivity index (χ0n) is 7.38. The average Bonchev–Trinajstić information content (AvgIpc) is 2.28. The van der Waals surface area contributed by atoms with Crippen molar-refractivity contribution in [2.24, 2.45) is 0 Å². The fraction of sp³-hybridized carbons (Fsp3) is 0.364. The second-order valence-corrected chi connectivity index (χ2v) is 3.38. The van der Waals surface area contributed by atoms with Crippen molar-refractivity contribution in [2.75, 3.05) is 20.1 Å². The van der Waals surface area contributed by atoms with Crippen LogP contribution in [0.3, 0.4) is 0 Å². The van der Waals surface area contributed by atoms with E-state index in [9.17, 15) is 0 Å². The Labute approximate surface area is 73.4 Å². The van der Waals surface area contributed by atoms with Crippen LogP contribution in [0.4, 0.5) is 0 Å². The maximum Gasteiger partial charge on any atom is 0.0239 e. The minimum atomic E-state index is 1.07. The van der Waals surface area contributed by atoms with Crippen LogP contribution in [0.2, 0.25) is 0 Å². The minimum absolute atomic E-state index is 1.07. The molecule has 0 saturated heterocycles. The molecule has 0 atom stereocenters. The molecule has 2 aliphatic rings. The summed E-state index contributed by atoms with van der Waals surface area (Å²) in [5.74, 6) is 0. The molecular formula is C11H13N. The number of hydrogen-bond donors (Lipinski definition) is 0. The Morgan fingerprint density at radius 1 is 1.42 bits per heavy atom. The topological polar surface area (TPSA) is 3.24 Å². The van der Waals surface area contributed by atoms with Gasteiger partial charge >= 0.3 is 0 Å². The number of nitrogens with zero attached hydrogens (tertiary/aromatic N) is 1. The van der Waals surface area contributed by atoms with E-state index in [1.807, 2.05) is 6.08 Å². The highest BCUT2D eigenvalue weighted by molar-refractivity contribution is 5.39. The average molecular weight is 159 g/mol. The molecule has 0 saturated carbocycles. The van der Waals surface area contributed by atoms with Crippen molar-refractivity contribution in [1.82, 2.24) is 4.90 Å². The Hall–Kier alpha value is -1.04. The molecule has 0 aromatic rings. The van der Waals surface area contributed by atoms with Gasteiger partial charge in [-0.25, -0.2) is 0 Å². The Morgan fingerprint density at radius 3 is 3.25 bits per heavy atom. The van der Waals surface area contributed by atoms with E-state index in [4.69, 9.17) is 0 Å². The molecule has 0 aromatic carbocycles. The van der Waals surface area contributed by atoms with Crippen molar-refractivity contribution >= 4 is 0 Å². The summed E-state index contributed by atoms with van der Waals surface area (Å²) in [6, 6.07) is 0. The highest BCUT2D eigenvalue weighted by Gasteiger charge is 2.12. The molecule has 0 aromatic heterocycles. The normalized spacial score (nSPS) is 22.8. The molecule has 1 heterocycles. The van der Waals surface area contributed by atoms with Crippen molar-refractivity contribution < 1.29 is 0 Å². The first-order valence-electron chi connectivity index (χ1n) is 4.36. The lowest BCUT2D eigenvalue weighted by atomic mass is 10.0. The van der Waals surface area contributed by atoms with E-state index in [0.717, 1.165) is 6.54 Å². The molecule has 0 radical (unpaired) electrons.